The molecule has 5 heteroatoms. The van der Waals surface area contributed by atoms with E-state index in [1.165, 1.54) is 0 Å². The van der Waals surface area contributed by atoms with Crippen LogP contribution in [0, 0.1) is 0 Å². The average molecular weight is 296 g/mol. The summed E-state index contributed by atoms with van der Waals surface area (Å²) >= 11 is 0. The van der Waals surface area contributed by atoms with Crippen molar-refractivity contribution in [1.82, 2.24) is 9.80 Å². The lowest BCUT2D eigenvalue weighted by Gasteiger charge is -2.26. The van der Waals surface area contributed by atoms with E-state index in [0.29, 0.717) is 32.1 Å². The van der Waals surface area contributed by atoms with Gasteiger partial charge in [-0.25, -0.2) is 0 Å². The van der Waals surface area contributed by atoms with Gasteiger partial charge in [0.25, 0.3) is 0 Å². The molecule has 0 atom stereocenters. The van der Waals surface area contributed by atoms with Crippen LogP contribution in [0.5, 0.6) is 0 Å². The third kappa shape index (κ3) is 5.65. The number of carbonyl (C=O) groups is 2. The number of ether oxygens (including phenoxy) is 1. The van der Waals surface area contributed by atoms with Crippen molar-refractivity contribution in [1.29, 1.82) is 0 Å². The first kappa shape index (κ1) is 16.3. The molecule has 2 aliphatic rings. The summed E-state index contributed by atoms with van der Waals surface area (Å²) in [6.07, 6.45) is 8.75. The zero-order valence-electron chi connectivity index (χ0n) is 13.0. The molecule has 2 saturated heterocycles. The minimum Gasteiger partial charge on any atom is -0.361 e. The van der Waals surface area contributed by atoms with Crippen LogP contribution in [0.4, 0.5) is 0 Å². The first-order valence-electron chi connectivity index (χ1n) is 8.40. The Bertz CT molecular complexity index is 346. The summed E-state index contributed by atoms with van der Waals surface area (Å²) in [5.41, 5.74) is 0. The maximum Gasteiger partial charge on any atom is 0.224 e. The number of hydrogen-bond donors (Lipinski definition) is 0. The van der Waals surface area contributed by atoms with E-state index >= 15 is 0 Å². The molecule has 120 valence electrons. The topological polar surface area (TPSA) is 49.9 Å². The van der Waals surface area contributed by atoms with Gasteiger partial charge < -0.3 is 14.5 Å². The molecule has 0 aliphatic carbocycles. The monoisotopic (exact) mass is 296 g/mol. The summed E-state index contributed by atoms with van der Waals surface area (Å²) in [5, 5.41) is 0. The molecule has 0 radical (unpaired) electrons. The molecule has 2 amide bonds. The molecule has 0 spiro atoms. The van der Waals surface area contributed by atoms with Gasteiger partial charge in [0.05, 0.1) is 0 Å². The molecular weight excluding hydrogens is 268 g/mol. The van der Waals surface area contributed by atoms with E-state index in [2.05, 4.69) is 0 Å². The Morgan fingerprint density at radius 3 is 2.29 bits per heavy atom. The molecule has 0 bridgehead atoms. The summed E-state index contributed by atoms with van der Waals surface area (Å²) < 4.78 is 5.62. The second-order valence-corrected chi connectivity index (χ2v) is 6.05. The van der Waals surface area contributed by atoms with Crippen LogP contribution in [0.2, 0.25) is 0 Å². The summed E-state index contributed by atoms with van der Waals surface area (Å²) in [5.74, 6) is 0.531. The molecule has 0 saturated carbocycles. The van der Waals surface area contributed by atoms with E-state index < -0.39 is 0 Å². The van der Waals surface area contributed by atoms with Gasteiger partial charge in [-0.3, -0.25) is 9.59 Å². The number of unbranched alkanes of at least 4 members (excludes halogenated alkanes) is 1. The first-order valence-corrected chi connectivity index (χ1v) is 8.40. The van der Waals surface area contributed by atoms with Crippen molar-refractivity contribution in [2.24, 2.45) is 0 Å². The molecule has 0 aromatic rings. The number of likely N-dealkylation sites (tertiary alicyclic amines) is 2. The lowest BCUT2D eigenvalue weighted by molar-refractivity contribution is -0.136. The molecule has 0 aromatic heterocycles. The average Bonchev–Trinajstić information content (AvgIpc) is 2.69. The molecule has 0 aromatic carbocycles. The van der Waals surface area contributed by atoms with Crippen molar-refractivity contribution in [2.45, 2.75) is 57.8 Å². The highest BCUT2D eigenvalue weighted by Gasteiger charge is 2.17. The normalized spacial score (nSPS) is 20.8. The van der Waals surface area contributed by atoms with Crippen molar-refractivity contribution in [3.8, 4) is 0 Å². The van der Waals surface area contributed by atoms with Crippen molar-refractivity contribution in [2.75, 3.05) is 33.0 Å². The summed E-state index contributed by atoms with van der Waals surface area (Å²) in [6.45, 7) is 3.71. The highest BCUT2D eigenvalue weighted by Crippen LogP contribution is 2.12. The van der Waals surface area contributed by atoms with Gasteiger partial charge in [0.2, 0.25) is 11.8 Å². The lowest BCUT2D eigenvalue weighted by Crippen LogP contribution is -2.36. The van der Waals surface area contributed by atoms with Crippen molar-refractivity contribution < 1.29 is 14.3 Å². The van der Waals surface area contributed by atoms with E-state index in [1.807, 2.05) is 9.80 Å². The molecule has 5 nitrogen and oxygen atoms in total. The maximum absolute atomic E-state index is 11.8. The number of piperidine rings is 1. The quantitative estimate of drug-likeness (QED) is 0.676. The largest absolute Gasteiger partial charge is 0.361 e. The van der Waals surface area contributed by atoms with Crippen molar-refractivity contribution >= 4 is 11.8 Å². The fourth-order valence-corrected chi connectivity index (χ4v) is 2.95. The molecule has 2 rings (SSSR count). The minimum atomic E-state index is 0.228. The molecule has 0 unspecified atom stereocenters. The van der Waals surface area contributed by atoms with E-state index in [0.717, 1.165) is 64.6 Å². The van der Waals surface area contributed by atoms with Crippen LogP contribution in [0.15, 0.2) is 0 Å². The third-order valence-corrected chi connectivity index (χ3v) is 4.31. The Kier molecular flexibility index (Phi) is 7.00. The number of hydrogen-bond acceptors (Lipinski definition) is 3. The van der Waals surface area contributed by atoms with E-state index in [1.54, 1.807) is 0 Å². The summed E-state index contributed by atoms with van der Waals surface area (Å²) in [4.78, 5) is 27.2. The first-order chi connectivity index (χ1) is 10.3. The van der Waals surface area contributed by atoms with Gasteiger partial charge in [0, 0.05) is 39.1 Å². The Balaban J connectivity index is 1.51. The van der Waals surface area contributed by atoms with Crippen LogP contribution in [-0.4, -0.2) is 54.6 Å². The molecule has 2 aliphatic heterocycles. The molecule has 2 fully saturated rings. The number of amides is 2. The number of rotatable bonds is 7. The SMILES string of the molecule is O=C1CCCCN1CCCCOCN1CCCCCC1=O. The Labute approximate surface area is 127 Å². The third-order valence-electron chi connectivity index (χ3n) is 4.31. The maximum atomic E-state index is 11.8. The van der Waals surface area contributed by atoms with E-state index in [9.17, 15) is 9.59 Å². The van der Waals surface area contributed by atoms with Gasteiger partial charge in [0.15, 0.2) is 0 Å². The fraction of sp³-hybridized carbons (Fsp3) is 0.875. The lowest BCUT2D eigenvalue weighted by atomic mass is 10.1. The van der Waals surface area contributed by atoms with Crippen molar-refractivity contribution in [3.63, 3.8) is 0 Å². The summed E-state index contributed by atoms with van der Waals surface area (Å²) in [7, 11) is 0. The van der Waals surface area contributed by atoms with Gasteiger partial charge >= 0.3 is 0 Å². The predicted octanol–water partition coefficient (Wildman–Crippen LogP) is 2.16. The smallest absolute Gasteiger partial charge is 0.224 e. The molecule has 0 N–H and O–H groups in total. The van der Waals surface area contributed by atoms with E-state index in [4.69, 9.17) is 4.74 Å². The zero-order chi connectivity index (χ0) is 14.9. The Morgan fingerprint density at radius 1 is 0.810 bits per heavy atom. The van der Waals surface area contributed by atoms with Crippen molar-refractivity contribution in [3.05, 3.63) is 0 Å². The highest BCUT2D eigenvalue weighted by atomic mass is 16.5. The standard InChI is InChI=1S/C16H28N2O3/c19-15-9-3-5-10-17(15)11-6-7-13-21-14-18-12-4-1-2-8-16(18)20/h1-14H2. The van der Waals surface area contributed by atoms with Gasteiger partial charge in [-0.2, -0.15) is 0 Å². The van der Waals surface area contributed by atoms with Gasteiger partial charge in [0.1, 0.15) is 6.73 Å². The molecular formula is C16H28N2O3. The second kappa shape index (κ2) is 9.03. The van der Waals surface area contributed by atoms with Crippen LogP contribution in [-0.2, 0) is 14.3 Å². The van der Waals surface area contributed by atoms with Crippen LogP contribution < -0.4 is 0 Å². The van der Waals surface area contributed by atoms with Gasteiger partial charge in [-0.15, -0.1) is 0 Å². The Morgan fingerprint density at radius 2 is 1.48 bits per heavy atom. The molecule has 2 heterocycles. The number of nitrogens with zero attached hydrogens (tertiary/aromatic N) is 2. The van der Waals surface area contributed by atoms with Crippen LogP contribution >= 0.6 is 0 Å². The Hall–Kier alpha value is -1.10. The van der Waals surface area contributed by atoms with Gasteiger partial charge in [-0.1, -0.05) is 6.42 Å². The zero-order valence-corrected chi connectivity index (χ0v) is 13.0. The van der Waals surface area contributed by atoms with Crippen LogP contribution in [0.25, 0.3) is 0 Å². The van der Waals surface area contributed by atoms with Gasteiger partial charge in [-0.05, 0) is 38.5 Å². The molecule has 21 heavy (non-hydrogen) atoms. The second-order valence-electron chi connectivity index (χ2n) is 6.05. The van der Waals surface area contributed by atoms with Crippen LogP contribution in [0.1, 0.15) is 57.8 Å². The van der Waals surface area contributed by atoms with E-state index in [-0.39, 0.29) is 5.91 Å². The van der Waals surface area contributed by atoms with Crippen LogP contribution in [0.3, 0.4) is 0 Å². The summed E-state index contributed by atoms with van der Waals surface area (Å²) in [6, 6.07) is 0. The predicted molar refractivity (Wildman–Crippen MR) is 80.7 cm³/mol. The fourth-order valence-electron chi connectivity index (χ4n) is 2.95. The minimum absolute atomic E-state index is 0.228. The highest BCUT2D eigenvalue weighted by molar-refractivity contribution is 5.76. The number of carbonyl (C=O) groups excluding carboxylic acids is 2.